The molecular formula is C12H12N2Se. The minimum absolute atomic E-state index is 0.191. The number of benzene rings is 2. The van der Waals surface area contributed by atoms with Gasteiger partial charge < -0.3 is 0 Å². The Balaban J connectivity index is 2.30. The van der Waals surface area contributed by atoms with E-state index in [1.165, 1.54) is 8.92 Å². The van der Waals surface area contributed by atoms with Gasteiger partial charge in [-0.15, -0.1) is 0 Å². The SMILES string of the molecule is Nc1ccccc1[Se]c1ccccc1N. The van der Waals surface area contributed by atoms with Crippen molar-refractivity contribution in [2.24, 2.45) is 0 Å². The Morgan fingerprint density at radius 3 is 1.47 bits per heavy atom. The van der Waals surface area contributed by atoms with E-state index < -0.39 is 0 Å². The third-order valence-corrected chi connectivity index (χ3v) is 4.54. The fourth-order valence-electron chi connectivity index (χ4n) is 1.27. The second-order valence-electron chi connectivity index (χ2n) is 3.18. The van der Waals surface area contributed by atoms with E-state index in [-0.39, 0.29) is 15.0 Å². The Bertz CT molecular complexity index is 425. The molecular weight excluding hydrogens is 251 g/mol. The van der Waals surface area contributed by atoms with E-state index in [2.05, 4.69) is 12.1 Å². The second-order valence-corrected chi connectivity index (χ2v) is 5.45. The normalized spacial score (nSPS) is 10.1. The summed E-state index contributed by atoms with van der Waals surface area (Å²) in [6, 6.07) is 15.9. The van der Waals surface area contributed by atoms with E-state index in [1.807, 2.05) is 36.4 Å². The van der Waals surface area contributed by atoms with Gasteiger partial charge in [-0.1, -0.05) is 0 Å². The molecule has 4 N–H and O–H groups in total. The van der Waals surface area contributed by atoms with Crippen LogP contribution in [-0.2, 0) is 0 Å². The van der Waals surface area contributed by atoms with Crippen LogP contribution in [-0.4, -0.2) is 15.0 Å². The van der Waals surface area contributed by atoms with Crippen molar-refractivity contribution in [1.29, 1.82) is 0 Å². The first-order valence-electron chi connectivity index (χ1n) is 4.64. The molecule has 0 fully saturated rings. The van der Waals surface area contributed by atoms with Crippen molar-refractivity contribution >= 4 is 35.3 Å². The molecule has 0 aliphatic carbocycles. The Morgan fingerprint density at radius 1 is 0.667 bits per heavy atom. The van der Waals surface area contributed by atoms with Gasteiger partial charge in [0.15, 0.2) is 0 Å². The van der Waals surface area contributed by atoms with Crippen LogP contribution in [0.4, 0.5) is 11.4 Å². The minimum atomic E-state index is 0.191. The Hall–Kier alpha value is -1.44. The summed E-state index contributed by atoms with van der Waals surface area (Å²) in [6.07, 6.45) is 0. The van der Waals surface area contributed by atoms with Crippen LogP contribution in [0.5, 0.6) is 0 Å². The Kier molecular flexibility index (Phi) is 2.95. The van der Waals surface area contributed by atoms with Crippen molar-refractivity contribution in [3.63, 3.8) is 0 Å². The molecule has 0 amide bonds. The standard InChI is InChI=1S/C12H12N2Se/c13-9-5-1-3-7-11(9)15-12-8-4-2-6-10(12)14/h1-8H,13-14H2. The maximum atomic E-state index is 5.89. The average molecular weight is 263 g/mol. The fourth-order valence-corrected chi connectivity index (χ4v) is 3.16. The summed E-state index contributed by atoms with van der Waals surface area (Å²) in [5, 5.41) is 0. The number of anilines is 2. The van der Waals surface area contributed by atoms with Crippen LogP contribution >= 0.6 is 0 Å². The van der Waals surface area contributed by atoms with Crippen LogP contribution in [0.1, 0.15) is 0 Å². The van der Waals surface area contributed by atoms with Gasteiger partial charge in [0.25, 0.3) is 0 Å². The van der Waals surface area contributed by atoms with Crippen LogP contribution in [0.25, 0.3) is 0 Å². The van der Waals surface area contributed by atoms with Crippen molar-refractivity contribution in [2.75, 3.05) is 11.5 Å². The monoisotopic (exact) mass is 264 g/mol. The topological polar surface area (TPSA) is 52.0 Å². The van der Waals surface area contributed by atoms with Gasteiger partial charge in [-0.2, -0.15) is 0 Å². The second kappa shape index (κ2) is 4.39. The molecule has 0 aliphatic heterocycles. The molecule has 0 radical (unpaired) electrons. The zero-order valence-corrected chi connectivity index (χ0v) is 9.89. The van der Waals surface area contributed by atoms with Crippen molar-refractivity contribution in [3.8, 4) is 0 Å². The number of para-hydroxylation sites is 2. The maximum absolute atomic E-state index is 5.89. The van der Waals surface area contributed by atoms with Crippen LogP contribution in [0.15, 0.2) is 48.5 Å². The van der Waals surface area contributed by atoms with Crippen LogP contribution in [0, 0.1) is 0 Å². The van der Waals surface area contributed by atoms with Gasteiger partial charge in [-0.3, -0.25) is 0 Å². The van der Waals surface area contributed by atoms with Gasteiger partial charge in [0.2, 0.25) is 0 Å². The van der Waals surface area contributed by atoms with E-state index in [1.54, 1.807) is 0 Å². The average Bonchev–Trinajstić information content (AvgIpc) is 2.24. The van der Waals surface area contributed by atoms with Crippen LogP contribution in [0.3, 0.4) is 0 Å². The molecule has 2 rings (SSSR count). The van der Waals surface area contributed by atoms with Gasteiger partial charge in [0.05, 0.1) is 0 Å². The molecule has 0 saturated carbocycles. The summed E-state index contributed by atoms with van der Waals surface area (Å²) in [6.45, 7) is 0. The van der Waals surface area contributed by atoms with Crippen molar-refractivity contribution < 1.29 is 0 Å². The van der Waals surface area contributed by atoms with Gasteiger partial charge in [-0.05, 0) is 0 Å². The number of nitrogen functional groups attached to an aromatic ring is 2. The molecule has 3 heteroatoms. The van der Waals surface area contributed by atoms with E-state index >= 15 is 0 Å². The van der Waals surface area contributed by atoms with Gasteiger partial charge in [0.1, 0.15) is 0 Å². The number of hydrogen-bond acceptors (Lipinski definition) is 2. The predicted octanol–water partition coefficient (Wildman–Crippen LogP) is 0.506. The Labute approximate surface area is 95.4 Å². The molecule has 0 saturated heterocycles. The summed E-state index contributed by atoms with van der Waals surface area (Å²) in [7, 11) is 0. The molecule has 0 spiro atoms. The van der Waals surface area contributed by atoms with E-state index in [4.69, 9.17) is 11.5 Å². The summed E-state index contributed by atoms with van der Waals surface area (Å²) in [5.74, 6) is 0. The number of nitrogens with two attached hydrogens (primary N) is 2. The summed E-state index contributed by atoms with van der Waals surface area (Å²) >= 11 is 0.191. The molecule has 2 nitrogen and oxygen atoms in total. The molecule has 0 heterocycles. The Morgan fingerprint density at radius 2 is 1.07 bits per heavy atom. The van der Waals surface area contributed by atoms with Crippen LogP contribution in [0.2, 0.25) is 0 Å². The van der Waals surface area contributed by atoms with Gasteiger partial charge >= 0.3 is 95.3 Å². The van der Waals surface area contributed by atoms with E-state index in [0.29, 0.717) is 0 Å². The summed E-state index contributed by atoms with van der Waals surface area (Å²) in [4.78, 5) is 0. The first-order chi connectivity index (χ1) is 7.27. The molecule has 0 atom stereocenters. The molecule has 0 unspecified atom stereocenters. The van der Waals surface area contributed by atoms with E-state index in [9.17, 15) is 0 Å². The van der Waals surface area contributed by atoms with Crippen LogP contribution < -0.4 is 20.4 Å². The molecule has 0 aromatic heterocycles. The van der Waals surface area contributed by atoms with E-state index in [0.717, 1.165) is 11.4 Å². The molecule has 0 aliphatic rings. The molecule has 2 aromatic carbocycles. The van der Waals surface area contributed by atoms with Crippen molar-refractivity contribution in [3.05, 3.63) is 48.5 Å². The number of hydrogen-bond donors (Lipinski definition) is 2. The summed E-state index contributed by atoms with van der Waals surface area (Å²) in [5.41, 5.74) is 13.5. The molecule has 76 valence electrons. The van der Waals surface area contributed by atoms with Gasteiger partial charge in [0, 0.05) is 0 Å². The number of rotatable bonds is 2. The molecule has 2 aromatic rings. The first-order valence-corrected chi connectivity index (χ1v) is 6.35. The quantitative estimate of drug-likeness (QED) is 0.612. The third-order valence-electron chi connectivity index (χ3n) is 2.06. The van der Waals surface area contributed by atoms with Crippen molar-refractivity contribution in [2.45, 2.75) is 0 Å². The third kappa shape index (κ3) is 2.32. The van der Waals surface area contributed by atoms with Gasteiger partial charge in [-0.25, -0.2) is 0 Å². The summed E-state index contributed by atoms with van der Waals surface area (Å²) < 4.78 is 2.37. The molecule has 0 bridgehead atoms. The fraction of sp³-hybridized carbons (Fsp3) is 0. The zero-order chi connectivity index (χ0) is 10.7. The zero-order valence-electron chi connectivity index (χ0n) is 8.18. The molecule has 15 heavy (non-hydrogen) atoms. The first kappa shape index (κ1) is 10.1. The van der Waals surface area contributed by atoms with Crippen molar-refractivity contribution in [1.82, 2.24) is 0 Å². The predicted molar refractivity (Wildman–Crippen MR) is 66.7 cm³/mol.